The molecule has 0 bridgehead atoms. The van der Waals surface area contributed by atoms with Crippen LogP contribution < -0.4 is 11.1 Å². The zero-order valence-electron chi connectivity index (χ0n) is 10.2. The first-order valence-electron chi connectivity index (χ1n) is 5.88. The van der Waals surface area contributed by atoms with Crippen molar-refractivity contribution in [1.29, 1.82) is 0 Å². The molecular formula is C11H18N2O5. The van der Waals surface area contributed by atoms with Gasteiger partial charge in [-0.1, -0.05) is 6.92 Å². The van der Waals surface area contributed by atoms with E-state index in [-0.39, 0.29) is 12.0 Å². The molecule has 0 radical (unpaired) electrons. The van der Waals surface area contributed by atoms with Crippen LogP contribution in [0.4, 0.5) is 0 Å². The van der Waals surface area contributed by atoms with Crippen molar-refractivity contribution in [3.63, 3.8) is 0 Å². The minimum Gasteiger partial charge on any atom is -0.480 e. The second-order valence-electron chi connectivity index (χ2n) is 4.28. The molecule has 1 rings (SSSR count). The summed E-state index contributed by atoms with van der Waals surface area (Å²) in [5.74, 6) is -2.79. The largest absolute Gasteiger partial charge is 0.480 e. The van der Waals surface area contributed by atoms with E-state index in [9.17, 15) is 14.4 Å². The lowest BCUT2D eigenvalue weighted by Crippen LogP contribution is -2.47. The summed E-state index contributed by atoms with van der Waals surface area (Å²) in [6.45, 7) is 2.39. The molecule has 4 N–H and O–H groups in total. The van der Waals surface area contributed by atoms with E-state index in [0.29, 0.717) is 19.4 Å². The number of ether oxygens (including phenoxy) is 1. The maximum absolute atomic E-state index is 11.9. The number of amides is 2. The first-order valence-corrected chi connectivity index (χ1v) is 5.88. The minimum absolute atomic E-state index is 0.187. The molecule has 7 nitrogen and oxygen atoms in total. The first kappa shape index (κ1) is 14.4. The number of nitrogens with one attached hydrogen (secondary N) is 1. The van der Waals surface area contributed by atoms with Gasteiger partial charge in [-0.25, -0.2) is 4.79 Å². The SMILES string of the molecule is CCC1OCCC1C(=O)N[C@H](CC(N)=O)C(=O)O. The fraction of sp³-hybridized carbons (Fsp3) is 0.727. The van der Waals surface area contributed by atoms with Crippen LogP contribution in [0.25, 0.3) is 0 Å². The summed E-state index contributed by atoms with van der Waals surface area (Å²) in [6, 6.07) is -1.27. The Hall–Kier alpha value is -1.63. The van der Waals surface area contributed by atoms with Crippen molar-refractivity contribution < 1.29 is 24.2 Å². The van der Waals surface area contributed by atoms with Crippen molar-refractivity contribution in [1.82, 2.24) is 5.32 Å². The lowest BCUT2D eigenvalue weighted by Gasteiger charge is -2.19. The monoisotopic (exact) mass is 258 g/mol. The van der Waals surface area contributed by atoms with E-state index in [0.717, 1.165) is 0 Å². The van der Waals surface area contributed by atoms with E-state index < -0.39 is 30.2 Å². The van der Waals surface area contributed by atoms with Crippen molar-refractivity contribution in [3.05, 3.63) is 0 Å². The number of carboxylic acid groups (broad SMARTS) is 1. The van der Waals surface area contributed by atoms with Gasteiger partial charge in [-0.2, -0.15) is 0 Å². The number of carboxylic acids is 1. The Morgan fingerprint density at radius 1 is 1.50 bits per heavy atom. The van der Waals surface area contributed by atoms with Crippen molar-refractivity contribution >= 4 is 17.8 Å². The maximum Gasteiger partial charge on any atom is 0.326 e. The van der Waals surface area contributed by atoms with Crippen LogP contribution >= 0.6 is 0 Å². The van der Waals surface area contributed by atoms with Crippen LogP contribution in [0.3, 0.4) is 0 Å². The topological polar surface area (TPSA) is 119 Å². The number of primary amides is 1. The number of aliphatic carboxylic acids is 1. The zero-order valence-corrected chi connectivity index (χ0v) is 10.2. The quantitative estimate of drug-likeness (QED) is 0.579. The Morgan fingerprint density at radius 3 is 2.67 bits per heavy atom. The Balaban J connectivity index is 2.60. The highest BCUT2D eigenvalue weighted by atomic mass is 16.5. The smallest absolute Gasteiger partial charge is 0.326 e. The van der Waals surface area contributed by atoms with E-state index in [4.69, 9.17) is 15.6 Å². The fourth-order valence-electron chi connectivity index (χ4n) is 2.03. The lowest BCUT2D eigenvalue weighted by molar-refractivity contribution is -0.144. The van der Waals surface area contributed by atoms with E-state index in [1.54, 1.807) is 0 Å². The van der Waals surface area contributed by atoms with E-state index in [1.165, 1.54) is 0 Å². The molecule has 1 heterocycles. The van der Waals surface area contributed by atoms with Gasteiger partial charge in [0.2, 0.25) is 11.8 Å². The highest BCUT2D eigenvalue weighted by molar-refractivity contribution is 5.89. The van der Waals surface area contributed by atoms with Crippen molar-refractivity contribution in [3.8, 4) is 0 Å². The summed E-state index contributed by atoms with van der Waals surface area (Å²) in [5.41, 5.74) is 4.94. The van der Waals surface area contributed by atoms with Gasteiger partial charge in [0.1, 0.15) is 6.04 Å². The Labute approximate surface area is 105 Å². The fourth-order valence-corrected chi connectivity index (χ4v) is 2.03. The predicted molar refractivity (Wildman–Crippen MR) is 61.5 cm³/mol. The van der Waals surface area contributed by atoms with Gasteiger partial charge in [0, 0.05) is 6.61 Å². The second-order valence-corrected chi connectivity index (χ2v) is 4.28. The molecule has 3 atom stereocenters. The molecule has 0 aliphatic carbocycles. The number of carbonyl (C=O) groups is 3. The first-order chi connectivity index (χ1) is 8.45. The molecular weight excluding hydrogens is 240 g/mol. The molecule has 2 amide bonds. The van der Waals surface area contributed by atoms with Crippen LogP contribution in [0.15, 0.2) is 0 Å². The van der Waals surface area contributed by atoms with Crippen LogP contribution in [-0.2, 0) is 19.1 Å². The van der Waals surface area contributed by atoms with Crippen LogP contribution in [-0.4, -0.2) is 41.6 Å². The Bertz CT molecular complexity index is 344. The standard InChI is InChI=1S/C11H18N2O5/c1-2-8-6(3-4-18-8)10(15)13-7(11(16)17)5-9(12)14/h6-8H,2-5H2,1H3,(H2,12,14)(H,13,15)(H,16,17)/t6?,7-,8?/m1/s1. The van der Waals surface area contributed by atoms with Crippen LogP contribution in [0.5, 0.6) is 0 Å². The van der Waals surface area contributed by atoms with Gasteiger partial charge in [0.05, 0.1) is 18.4 Å². The molecule has 1 aliphatic rings. The normalized spacial score (nSPS) is 24.5. The number of hydrogen-bond donors (Lipinski definition) is 3. The predicted octanol–water partition coefficient (Wildman–Crippen LogP) is -0.754. The van der Waals surface area contributed by atoms with Gasteiger partial charge in [0.15, 0.2) is 0 Å². The number of hydrogen-bond acceptors (Lipinski definition) is 4. The van der Waals surface area contributed by atoms with Crippen molar-refractivity contribution in [2.75, 3.05) is 6.61 Å². The number of carbonyl (C=O) groups excluding carboxylic acids is 2. The highest BCUT2D eigenvalue weighted by Crippen LogP contribution is 2.23. The minimum atomic E-state index is -1.27. The molecule has 0 aromatic heterocycles. The average molecular weight is 258 g/mol. The van der Waals surface area contributed by atoms with E-state index in [2.05, 4.69) is 5.32 Å². The molecule has 0 aromatic rings. The Kier molecular flexibility index (Phi) is 5.08. The number of rotatable bonds is 6. The summed E-state index contributed by atoms with van der Waals surface area (Å²) in [6.07, 6.45) is 0.651. The zero-order chi connectivity index (χ0) is 13.7. The van der Waals surface area contributed by atoms with Gasteiger partial charge < -0.3 is 20.9 Å². The molecule has 7 heteroatoms. The maximum atomic E-state index is 11.9. The third-order valence-corrected chi connectivity index (χ3v) is 2.97. The molecule has 0 saturated carbocycles. The Morgan fingerprint density at radius 2 is 2.17 bits per heavy atom. The average Bonchev–Trinajstić information content (AvgIpc) is 2.75. The highest BCUT2D eigenvalue weighted by Gasteiger charge is 2.35. The van der Waals surface area contributed by atoms with Gasteiger partial charge >= 0.3 is 5.97 Å². The summed E-state index contributed by atoms with van der Waals surface area (Å²) in [4.78, 5) is 33.5. The second kappa shape index (κ2) is 6.34. The molecule has 0 spiro atoms. The summed E-state index contributed by atoms with van der Waals surface area (Å²) >= 11 is 0. The van der Waals surface area contributed by atoms with E-state index in [1.807, 2.05) is 6.92 Å². The van der Waals surface area contributed by atoms with Crippen molar-refractivity contribution in [2.24, 2.45) is 11.7 Å². The van der Waals surface area contributed by atoms with Crippen LogP contribution in [0.2, 0.25) is 0 Å². The van der Waals surface area contributed by atoms with Gasteiger partial charge in [0.25, 0.3) is 0 Å². The third kappa shape index (κ3) is 3.69. The molecule has 1 fully saturated rings. The summed E-state index contributed by atoms with van der Waals surface area (Å²) in [5, 5.41) is 11.2. The van der Waals surface area contributed by atoms with Gasteiger partial charge in [-0.3, -0.25) is 9.59 Å². The lowest BCUT2D eigenvalue weighted by atomic mass is 9.98. The van der Waals surface area contributed by atoms with Crippen LogP contribution in [0, 0.1) is 5.92 Å². The summed E-state index contributed by atoms with van der Waals surface area (Å²) in [7, 11) is 0. The molecule has 102 valence electrons. The van der Waals surface area contributed by atoms with Crippen LogP contribution in [0.1, 0.15) is 26.2 Å². The molecule has 2 unspecified atom stereocenters. The van der Waals surface area contributed by atoms with Gasteiger partial charge in [-0.15, -0.1) is 0 Å². The number of nitrogens with two attached hydrogens (primary N) is 1. The van der Waals surface area contributed by atoms with E-state index >= 15 is 0 Å². The van der Waals surface area contributed by atoms with Crippen molar-refractivity contribution in [2.45, 2.75) is 38.3 Å². The molecule has 1 aliphatic heterocycles. The third-order valence-electron chi connectivity index (χ3n) is 2.97. The molecule has 18 heavy (non-hydrogen) atoms. The summed E-state index contributed by atoms with van der Waals surface area (Å²) < 4.78 is 5.36. The molecule has 1 saturated heterocycles. The van der Waals surface area contributed by atoms with Gasteiger partial charge in [-0.05, 0) is 12.8 Å². The molecule has 0 aromatic carbocycles.